The number of rotatable bonds is 4. The van der Waals surface area contributed by atoms with Gasteiger partial charge in [0.1, 0.15) is 25.1 Å². The first-order valence-electron chi connectivity index (χ1n) is 7.12. The molecule has 1 aliphatic rings. The quantitative estimate of drug-likeness (QED) is 0.804. The molecule has 0 bridgehead atoms. The van der Waals surface area contributed by atoms with Crippen LogP contribution in [0.15, 0.2) is 36.9 Å². The number of carbonyl (C=O) groups is 1. The molecular weight excluding hydrogens is 318 g/mol. The van der Waals surface area contributed by atoms with Gasteiger partial charge in [0.2, 0.25) is 0 Å². The van der Waals surface area contributed by atoms with Gasteiger partial charge in [-0.05, 0) is 24.6 Å². The van der Waals surface area contributed by atoms with E-state index in [1.165, 1.54) is 17.3 Å². The predicted octanol–water partition coefficient (Wildman–Crippen LogP) is 2.51. The minimum atomic E-state index is -0.780. The monoisotopic (exact) mass is 333 g/mol. The molecule has 7 heteroatoms. The van der Waals surface area contributed by atoms with E-state index in [4.69, 9.17) is 21.1 Å². The summed E-state index contributed by atoms with van der Waals surface area (Å²) in [6, 6.07) is 7.30. The van der Waals surface area contributed by atoms with Gasteiger partial charge in [-0.1, -0.05) is 29.8 Å². The molecule has 0 amide bonds. The van der Waals surface area contributed by atoms with E-state index < -0.39 is 5.41 Å². The number of allylic oxidation sites excluding steroid dienone is 1. The summed E-state index contributed by atoms with van der Waals surface area (Å²) >= 11 is 6.20. The molecule has 0 spiro atoms. The zero-order valence-corrected chi connectivity index (χ0v) is 13.4. The Balaban J connectivity index is 2.03. The lowest BCUT2D eigenvalue weighted by atomic mass is 9.85. The lowest BCUT2D eigenvalue weighted by Gasteiger charge is -2.32. The molecule has 0 N–H and O–H groups in total. The Hall–Kier alpha value is -2.02. The fourth-order valence-corrected chi connectivity index (χ4v) is 2.57. The van der Waals surface area contributed by atoms with Crippen molar-refractivity contribution in [3.05, 3.63) is 47.5 Å². The third-order valence-corrected chi connectivity index (χ3v) is 4.00. The lowest BCUT2D eigenvalue weighted by molar-refractivity contribution is -0.168. The molecule has 0 unspecified atom stereocenters. The Labute approximate surface area is 138 Å². The molecule has 1 fully saturated rings. The van der Waals surface area contributed by atoms with Crippen molar-refractivity contribution in [2.24, 2.45) is 5.41 Å². The second kappa shape index (κ2) is 6.62. The van der Waals surface area contributed by atoms with E-state index in [0.717, 1.165) is 5.56 Å². The molecule has 3 rings (SSSR count). The van der Waals surface area contributed by atoms with Gasteiger partial charge in [0.15, 0.2) is 5.78 Å². The standard InChI is InChI=1S/C16H16ClN3O3/c1-16(7-22-11-23-8-16)15(21)14(20-10-18-9-19-20)6-12-4-2-3-5-13(12)17/h2-6,9-10H,7-8,11H2,1H3. The average molecular weight is 334 g/mol. The van der Waals surface area contributed by atoms with Crippen molar-refractivity contribution in [1.29, 1.82) is 0 Å². The van der Waals surface area contributed by atoms with Crippen LogP contribution in [0.25, 0.3) is 11.8 Å². The number of ether oxygens (including phenoxy) is 2. The number of nitrogens with zero attached hydrogens (tertiary/aromatic N) is 3. The molecule has 6 nitrogen and oxygen atoms in total. The van der Waals surface area contributed by atoms with Gasteiger partial charge in [-0.3, -0.25) is 4.79 Å². The number of benzene rings is 1. The highest BCUT2D eigenvalue weighted by Crippen LogP contribution is 2.29. The van der Waals surface area contributed by atoms with Crippen molar-refractivity contribution >= 4 is 29.2 Å². The highest BCUT2D eigenvalue weighted by Gasteiger charge is 2.39. The highest BCUT2D eigenvalue weighted by molar-refractivity contribution is 6.33. The van der Waals surface area contributed by atoms with Crippen LogP contribution in [-0.2, 0) is 14.3 Å². The highest BCUT2D eigenvalue weighted by atomic mass is 35.5. The van der Waals surface area contributed by atoms with E-state index >= 15 is 0 Å². The Morgan fingerprint density at radius 1 is 1.35 bits per heavy atom. The summed E-state index contributed by atoms with van der Waals surface area (Å²) in [5, 5.41) is 4.64. The summed E-state index contributed by atoms with van der Waals surface area (Å²) in [4.78, 5) is 17.0. The van der Waals surface area contributed by atoms with E-state index in [1.807, 2.05) is 25.1 Å². The Morgan fingerprint density at radius 2 is 2.09 bits per heavy atom. The molecule has 0 atom stereocenters. The summed E-state index contributed by atoms with van der Waals surface area (Å²) in [5.74, 6) is -0.136. The van der Waals surface area contributed by atoms with E-state index in [-0.39, 0.29) is 12.6 Å². The van der Waals surface area contributed by atoms with Crippen LogP contribution >= 0.6 is 11.6 Å². The SMILES string of the molecule is CC1(C(=O)C(=Cc2ccccc2Cl)n2cncn2)COCOC1. The average Bonchev–Trinajstić information content (AvgIpc) is 3.08. The third-order valence-electron chi connectivity index (χ3n) is 3.65. The van der Waals surface area contributed by atoms with Crippen LogP contribution in [0, 0.1) is 5.41 Å². The second-order valence-corrected chi connectivity index (χ2v) is 6.00. The van der Waals surface area contributed by atoms with Crippen molar-refractivity contribution < 1.29 is 14.3 Å². The van der Waals surface area contributed by atoms with Gasteiger partial charge < -0.3 is 9.47 Å². The van der Waals surface area contributed by atoms with Crippen molar-refractivity contribution in [1.82, 2.24) is 14.8 Å². The van der Waals surface area contributed by atoms with Crippen LogP contribution in [0.1, 0.15) is 12.5 Å². The van der Waals surface area contributed by atoms with Gasteiger partial charge >= 0.3 is 0 Å². The number of carbonyl (C=O) groups excluding carboxylic acids is 1. The fourth-order valence-electron chi connectivity index (χ4n) is 2.38. The van der Waals surface area contributed by atoms with Crippen LogP contribution in [-0.4, -0.2) is 40.6 Å². The van der Waals surface area contributed by atoms with Crippen LogP contribution in [0.4, 0.5) is 0 Å². The van der Waals surface area contributed by atoms with E-state index in [1.54, 1.807) is 12.1 Å². The normalized spacial score (nSPS) is 17.9. The van der Waals surface area contributed by atoms with Crippen molar-refractivity contribution in [3.63, 3.8) is 0 Å². The maximum Gasteiger partial charge on any atom is 0.191 e. The molecule has 2 heterocycles. The minimum absolute atomic E-state index is 0.136. The third kappa shape index (κ3) is 3.34. The van der Waals surface area contributed by atoms with Crippen LogP contribution in [0.2, 0.25) is 5.02 Å². The van der Waals surface area contributed by atoms with Gasteiger partial charge in [-0.25, -0.2) is 9.67 Å². The van der Waals surface area contributed by atoms with Crippen molar-refractivity contribution in [3.8, 4) is 0 Å². The number of aromatic nitrogens is 3. The van der Waals surface area contributed by atoms with Gasteiger partial charge in [0.25, 0.3) is 0 Å². The number of hydrogen-bond donors (Lipinski definition) is 0. The molecular formula is C16H16ClN3O3. The number of hydrogen-bond acceptors (Lipinski definition) is 5. The molecule has 2 aromatic rings. The van der Waals surface area contributed by atoms with Gasteiger partial charge in [0.05, 0.1) is 18.6 Å². The summed E-state index contributed by atoms with van der Waals surface area (Å²) in [7, 11) is 0. The zero-order valence-electron chi connectivity index (χ0n) is 12.6. The summed E-state index contributed by atoms with van der Waals surface area (Å²) in [6.07, 6.45) is 4.57. The second-order valence-electron chi connectivity index (χ2n) is 5.60. The topological polar surface area (TPSA) is 66.2 Å². The first kappa shape index (κ1) is 15.9. The molecule has 0 saturated carbocycles. The summed E-state index contributed by atoms with van der Waals surface area (Å²) in [5.41, 5.74) is 0.318. The number of ketones is 1. The molecule has 0 radical (unpaired) electrons. The Morgan fingerprint density at radius 3 is 2.74 bits per heavy atom. The lowest BCUT2D eigenvalue weighted by Crippen LogP contribution is -2.42. The molecule has 1 saturated heterocycles. The molecule has 23 heavy (non-hydrogen) atoms. The molecule has 1 aromatic heterocycles. The minimum Gasteiger partial charge on any atom is -0.354 e. The Bertz CT molecular complexity index is 722. The maximum atomic E-state index is 13.1. The molecule has 120 valence electrons. The van der Waals surface area contributed by atoms with E-state index in [2.05, 4.69) is 10.1 Å². The molecule has 1 aromatic carbocycles. The van der Waals surface area contributed by atoms with Crippen molar-refractivity contribution in [2.45, 2.75) is 6.92 Å². The maximum absolute atomic E-state index is 13.1. The van der Waals surface area contributed by atoms with Crippen LogP contribution in [0.3, 0.4) is 0 Å². The summed E-state index contributed by atoms with van der Waals surface area (Å²) < 4.78 is 12.0. The summed E-state index contributed by atoms with van der Waals surface area (Å²) in [6.45, 7) is 2.60. The van der Waals surface area contributed by atoms with Gasteiger partial charge in [0, 0.05) is 5.02 Å². The van der Waals surface area contributed by atoms with Crippen LogP contribution in [0.5, 0.6) is 0 Å². The fraction of sp³-hybridized carbons (Fsp3) is 0.312. The van der Waals surface area contributed by atoms with Crippen molar-refractivity contribution in [2.75, 3.05) is 20.0 Å². The molecule has 0 aliphatic carbocycles. The predicted molar refractivity (Wildman–Crippen MR) is 85.5 cm³/mol. The van der Waals surface area contributed by atoms with E-state index in [0.29, 0.717) is 23.9 Å². The smallest absolute Gasteiger partial charge is 0.191 e. The first-order valence-corrected chi connectivity index (χ1v) is 7.49. The van der Waals surface area contributed by atoms with E-state index in [9.17, 15) is 4.79 Å². The molecule has 1 aliphatic heterocycles. The number of halogens is 1. The number of Topliss-reactive ketones (excluding diaryl/α,β-unsaturated/α-hetero) is 1. The Kier molecular flexibility index (Phi) is 4.56. The van der Waals surface area contributed by atoms with Gasteiger partial charge in [-0.15, -0.1) is 0 Å². The first-order chi connectivity index (χ1) is 11.1. The zero-order chi connectivity index (χ0) is 16.3. The van der Waals surface area contributed by atoms with Crippen LogP contribution < -0.4 is 0 Å². The largest absolute Gasteiger partial charge is 0.354 e. The van der Waals surface area contributed by atoms with Gasteiger partial charge in [-0.2, -0.15) is 5.10 Å².